The van der Waals surface area contributed by atoms with E-state index in [0.29, 0.717) is 19.8 Å². The second-order valence-electron chi connectivity index (χ2n) is 5.78. The van der Waals surface area contributed by atoms with Crippen LogP contribution in [-0.2, 0) is 14.2 Å². The number of rotatable bonds is 16. The number of hydrogen-bond donors (Lipinski definition) is 0. The van der Waals surface area contributed by atoms with Crippen molar-refractivity contribution in [1.29, 1.82) is 0 Å². The molecule has 0 saturated carbocycles. The molecule has 0 aromatic carbocycles. The van der Waals surface area contributed by atoms with Gasteiger partial charge in [0.25, 0.3) is 0 Å². The Labute approximate surface area is 154 Å². The summed E-state index contributed by atoms with van der Waals surface area (Å²) in [5, 5.41) is 0. The molecule has 0 amide bonds. The van der Waals surface area contributed by atoms with E-state index in [1.807, 2.05) is 0 Å². The van der Waals surface area contributed by atoms with Gasteiger partial charge in [0.15, 0.2) is 0 Å². The summed E-state index contributed by atoms with van der Waals surface area (Å²) in [4.78, 5) is 0. The van der Waals surface area contributed by atoms with E-state index in [1.54, 1.807) is 7.11 Å². The maximum atomic E-state index is 5.73. The van der Waals surface area contributed by atoms with Crippen LogP contribution in [0.15, 0.2) is 12.3 Å². The third-order valence-electron chi connectivity index (χ3n) is 3.53. The monoisotopic (exact) mass is 348 g/mol. The minimum atomic E-state index is 0. The normalized spacial score (nSPS) is 10.8. The van der Waals surface area contributed by atoms with Crippen molar-refractivity contribution in [1.82, 2.24) is 0 Å². The SMILES string of the molecule is C.C.C.C=C(COCCOC)OC(C)CCCCCCCCCC. The van der Waals surface area contributed by atoms with Gasteiger partial charge >= 0.3 is 0 Å². The molecule has 0 fully saturated rings. The smallest absolute Gasteiger partial charge is 0.115 e. The molecular formula is C21H48O3. The van der Waals surface area contributed by atoms with Crippen molar-refractivity contribution in [2.24, 2.45) is 0 Å². The third kappa shape index (κ3) is 23.7. The summed E-state index contributed by atoms with van der Waals surface area (Å²) in [7, 11) is 1.67. The molecule has 0 aliphatic rings. The molecule has 150 valence electrons. The van der Waals surface area contributed by atoms with Gasteiger partial charge in [0.2, 0.25) is 0 Å². The molecule has 1 unspecified atom stereocenters. The fourth-order valence-electron chi connectivity index (χ4n) is 2.27. The predicted octanol–water partition coefficient (Wildman–Crippen LogP) is 7.01. The van der Waals surface area contributed by atoms with E-state index in [4.69, 9.17) is 14.2 Å². The van der Waals surface area contributed by atoms with Crippen LogP contribution in [0.4, 0.5) is 0 Å². The Hall–Kier alpha value is -0.540. The lowest BCUT2D eigenvalue weighted by molar-refractivity contribution is 0.0398. The van der Waals surface area contributed by atoms with Crippen LogP contribution in [0.1, 0.15) is 93.9 Å². The first-order chi connectivity index (χ1) is 10.2. The van der Waals surface area contributed by atoms with Gasteiger partial charge in [-0.15, -0.1) is 0 Å². The topological polar surface area (TPSA) is 27.7 Å². The van der Waals surface area contributed by atoms with Crippen molar-refractivity contribution in [3.05, 3.63) is 12.3 Å². The summed E-state index contributed by atoms with van der Waals surface area (Å²) in [6, 6.07) is 0. The molecule has 0 rings (SSSR count). The van der Waals surface area contributed by atoms with Crippen molar-refractivity contribution in [2.45, 2.75) is 100 Å². The summed E-state index contributed by atoms with van der Waals surface area (Å²) < 4.78 is 16.0. The van der Waals surface area contributed by atoms with E-state index in [9.17, 15) is 0 Å². The van der Waals surface area contributed by atoms with Crippen molar-refractivity contribution in [3.8, 4) is 0 Å². The molecule has 0 saturated heterocycles. The van der Waals surface area contributed by atoms with E-state index in [-0.39, 0.29) is 28.4 Å². The van der Waals surface area contributed by atoms with Crippen LogP contribution in [0, 0.1) is 0 Å². The summed E-state index contributed by atoms with van der Waals surface area (Å²) in [6.07, 6.45) is 12.2. The minimum Gasteiger partial charge on any atom is -0.493 e. The molecule has 1 atom stereocenters. The van der Waals surface area contributed by atoms with Gasteiger partial charge in [-0.2, -0.15) is 0 Å². The Bertz CT molecular complexity index is 229. The second-order valence-corrected chi connectivity index (χ2v) is 5.78. The van der Waals surface area contributed by atoms with Gasteiger partial charge in [-0.25, -0.2) is 0 Å². The zero-order valence-corrected chi connectivity index (χ0v) is 14.5. The molecule has 3 heteroatoms. The molecular weight excluding hydrogens is 300 g/mol. The number of hydrogen-bond acceptors (Lipinski definition) is 3. The number of unbranched alkanes of at least 4 members (excludes halogenated alkanes) is 7. The van der Waals surface area contributed by atoms with Gasteiger partial charge in [-0.1, -0.05) is 80.7 Å². The zero-order valence-electron chi connectivity index (χ0n) is 14.5. The van der Waals surface area contributed by atoms with Crippen molar-refractivity contribution >= 4 is 0 Å². The quantitative estimate of drug-likeness (QED) is 0.222. The highest BCUT2D eigenvalue weighted by Crippen LogP contribution is 2.13. The Morgan fingerprint density at radius 1 is 0.875 bits per heavy atom. The van der Waals surface area contributed by atoms with E-state index >= 15 is 0 Å². The molecule has 0 radical (unpaired) electrons. The average Bonchev–Trinajstić information content (AvgIpc) is 2.46. The highest BCUT2D eigenvalue weighted by atomic mass is 16.5. The highest BCUT2D eigenvalue weighted by Gasteiger charge is 2.05. The average molecular weight is 349 g/mol. The van der Waals surface area contributed by atoms with Gasteiger partial charge in [0.1, 0.15) is 12.4 Å². The summed E-state index contributed by atoms with van der Waals surface area (Å²) in [6.45, 7) is 9.93. The Morgan fingerprint density at radius 2 is 1.42 bits per heavy atom. The summed E-state index contributed by atoms with van der Waals surface area (Å²) >= 11 is 0. The van der Waals surface area contributed by atoms with E-state index in [0.717, 1.165) is 12.2 Å². The summed E-state index contributed by atoms with van der Waals surface area (Å²) in [5.41, 5.74) is 0. The number of ether oxygens (including phenoxy) is 3. The van der Waals surface area contributed by atoms with Gasteiger partial charge in [-0.3, -0.25) is 0 Å². The lowest BCUT2D eigenvalue weighted by Crippen LogP contribution is -2.12. The van der Waals surface area contributed by atoms with Gasteiger partial charge in [0.05, 0.1) is 19.3 Å². The van der Waals surface area contributed by atoms with Crippen LogP contribution in [0.2, 0.25) is 0 Å². The molecule has 3 nitrogen and oxygen atoms in total. The first-order valence-electron chi connectivity index (χ1n) is 8.61. The van der Waals surface area contributed by atoms with Crippen LogP contribution in [0.3, 0.4) is 0 Å². The van der Waals surface area contributed by atoms with E-state index in [1.165, 1.54) is 51.4 Å². The van der Waals surface area contributed by atoms with Crippen LogP contribution in [-0.4, -0.2) is 33.0 Å². The number of methoxy groups -OCH3 is 1. The predicted molar refractivity (Wildman–Crippen MR) is 110 cm³/mol. The van der Waals surface area contributed by atoms with E-state index in [2.05, 4.69) is 20.4 Å². The minimum absolute atomic E-state index is 0. The lowest BCUT2D eigenvalue weighted by Gasteiger charge is -2.16. The van der Waals surface area contributed by atoms with Crippen LogP contribution >= 0.6 is 0 Å². The molecule has 0 bridgehead atoms. The molecule has 0 heterocycles. The molecule has 24 heavy (non-hydrogen) atoms. The van der Waals surface area contributed by atoms with Gasteiger partial charge in [0, 0.05) is 7.11 Å². The first kappa shape index (κ1) is 31.3. The zero-order chi connectivity index (χ0) is 15.8. The second kappa shape index (κ2) is 24.7. The first-order valence-corrected chi connectivity index (χ1v) is 8.61. The van der Waals surface area contributed by atoms with Crippen molar-refractivity contribution in [3.63, 3.8) is 0 Å². The summed E-state index contributed by atoms with van der Waals surface area (Å²) in [5.74, 6) is 0.721. The maximum absolute atomic E-state index is 5.73. The molecule has 0 N–H and O–H groups in total. The van der Waals surface area contributed by atoms with E-state index < -0.39 is 0 Å². The fourth-order valence-corrected chi connectivity index (χ4v) is 2.27. The highest BCUT2D eigenvalue weighted by molar-refractivity contribution is 4.83. The Morgan fingerprint density at radius 3 is 1.96 bits per heavy atom. The third-order valence-corrected chi connectivity index (χ3v) is 3.53. The van der Waals surface area contributed by atoms with Crippen LogP contribution in [0.5, 0.6) is 0 Å². The molecule has 0 aliphatic carbocycles. The van der Waals surface area contributed by atoms with Crippen LogP contribution in [0.25, 0.3) is 0 Å². The largest absolute Gasteiger partial charge is 0.493 e. The molecule has 0 aromatic heterocycles. The van der Waals surface area contributed by atoms with Crippen LogP contribution < -0.4 is 0 Å². The van der Waals surface area contributed by atoms with Gasteiger partial charge in [-0.05, 0) is 19.8 Å². The maximum Gasteiger partial charge on any atom is 0.115 e. The standard InChI is InChI=1S/C18H36O3.3CH4/c1-5-6-7-8-9-10-11-12-13-17(2)21-18(3)16-20-15-14-19-4;;;/h17H,3,5-16H2,1-2,4H3;3*1H4. The van der Waals surface area contributed by atoms with Gasteiger partial charge < -0.3 is 14.2 Å². The Kier molecular flexibility index (Phi) is 32.2. The molecule has 0 aliphatic heterocycles. The Balaban J connectivity index is -0.000000667. The fraction of sp³-hybridized carbons (Fsp3) is 0.905. The lowest BCUT2D eigenvalue weighted by atomic mass is 10.1. The van der Waals surface area contributed by atoms with Crippen molar-refractivity contribution < 1.29 is 14.2 Å². The molecule has 0 spiro atoms. The van der Waals surface area contributed by atoms with Crippen molar-refractivity contribution in [2.75, 3.05) is 26.9 Å². The molecule has 0 aromatic rings.